The molecule has 1 aliphatic heterocycles. The predicted molar refractivity (Wildman–Crippen MR) is 92.1 cm³/mol. The van der Waals surface area contributed by atoms with E-state index in [0.29, 0.717) is 30.3 Å². The van der Waals surface area contributed by atoms with E-state index in [9.17, 15) is 8.42 Å². The van der Waals surface area contributed by atoms with Crippen molar-refractivity contribution in [3.63, 3.8) is 0 Å². The molecule has 0 atom stereocenters. The van der Waals surface area contributed by atoms with Crippen LogP contribution in [-0.4, -0.2) is 60.8 Å². The van der Waals surface area contributed by atoms with Gasteiger partial charge in [-0.1, -0.05) is 18.2 Å². The third-order valence-corrected chi connectivity index (χ3v) is 6.07. The molecule has 2 aromatic rings. The Bertz CT molecular complexity index is 774. The van der Waals surface area contributed by atoms with Gasteiger partial charge in [0.15, 0.2) is 0 Å². The fourth-order valence-electron chi connectivity index (χ4n) is 2.65. The summed E-state index contributed by atoms with van der Waals surface area (Å²) in [6, 6.07) is 7.10. The van der Waals surface area contributed by atoms with Crippen molar-refractivity contribution in [2.75, 3.05) is 38.5 Å². The molecule has 8 heteroatoms. The van der Waals surface area contributed by atoms with Gasteiger partial charge in [-0.05, 0) is 18.7 Å². The summed E-state index contributed by atoms with van der Waals surface area (Å²) in [5.41, 5.74) is 0.724. The highest BCUT2D eigenvalue weighted by atomic mass is 32.2. The number of hydrogen-bond donors (Lipinski definition) is 1. The molecule has 128 valence electrons. The molecule has 0 unspecified atom stereocenters. The summed E-state index contributed by atoms with van der Waals surface area (Å²) in [6.07, 6.45) is 4.80. The topological polar surface area (TPSA) is 78.4 Å². The van der Waals surface area contributed by atoms with Gasteiger partial charge in [-0.3, -0.25) is 4.98 Å². The van der Waals surface area contributed by atoms with Gasteiger partial charge in [-0.25, -0.2) is 13.4 Å². The van der Waals surface area contributed by atoms with Crippen LogP contribution in [-0.2, 0) is 16.6 Å². The lowest BCUT2D eigenvalue weighted by Crippen LogP contribution is -2.47. The first-order valence-corrected chi connectivity index (χ1v) is 9.28. The maximum atomic E-state index is 13.0. The largest absolute Gasteiger partial charge is 0.365 e. The van der Waals surface area contributed by atoms with E-state index >= 15 is 0 Å². The Hall–Kier alpha value is -2.03. The fraction of sp³-hybridized carbons (Fsp3) is 0.375. The van der Waals surface area contributed by atoms with Crippen molar-refractivity contribution in [2.24, 2.45) is 0 Å². The highest BCUT2D eigenvalue weighted by Gasteiger charge is 2.29. The molecule has 0 saturated carbocycles. The third-order valence-electron chi connectivity index (χ3n) is 4.08. The monoisotopic (exact) mass is 347 g/mol. The van der Waals surface area contributed by atoms with Crippen LogP contribution in [0.3, 0.4) is 0 Å². The average molecular weight is 347 g/mol. The van der Waals surface area contributed by atoms with E-state index in [1.807, 2.05) is 19.2 Å². The number of nitrogens with one attached hydrogen (secondary N) is 1. The Morgan fingerprint density at radius 1 is 1.12 bits per heavy atom. The van der Waals surface area contributed by atoms with Crippen molar-refractivity contribution in [1.29, 1.82) is 0 Å². The molecule has 0 aliphatic carbocycles. The Morgan fingerprint density at radius 3 is 2.58 bits per heavy atom. The van der Waals surface area contributed by atoms with Gasteiger partial charge in [-0.15, -0.1) is 0 Å². The van der Waals surface area contributed by atoms with Crippen LogP contribution in [0.1, 0.15) is 5.56 Å². The van der Waals surface area contributed by atoms with Crippen LogP contribution in [0.25, 0.3) is 0 Å². The van der Waals surface area contributed by atoms with Crippen LogP contribution < -0.4 is 5.32 Å². The quantitative estimate of drug-likeness (QED) is 0.870. The second-order valence-corrected chi connectivity index (χ2v) is 7.67. The van der Waals surface area contributed by atoms with Crippen molar-refractivity contribution in [1.82, 2.24) is 19.2 Å². The molecule has 0 radical (unpaired) electrons. The van der Waals surface area contributed by atoms with Gasteiger partial charge in [0.2, 0.25) is 10.0 Å². The van der Waals surface area contributed by atoms with Crippen LogP contribution in [0.2, 0.25) is 0 Å². The van der Waals surface area contributed by atoms with E-state index in [1.54, 1.807) is 35.0 Å². The van der Waals surface area contributed by atoms with Gasteiger partial charge in [0.25, 0.3) is 0 Å². The van der Waals surface area contributed by atoms with Gasteiger partial charge in [0, 0.05) is 45.1 Å². The lowest BCUT2D eigenvalue weighted by molar-refractivity contribution is 0.222. The standard InChI is InChI=1S/C16H21N5O2S/c1-20-8-10-21(11-9-20)24(22,23)15-5-3-2-4-14(15)12-19-16-13-17-6-7-18-16/h2-7,13H,8-12H2,1H3,(H,18,19). The van der Waals surface area contributed by atoms with E-state index in [0.717, 1.165) is 18.7 Å². The normalized spacial score (nSPS) is 16.9. The zero-order valence-electron chi connectivity index (χ0n) is 13.6. The van der Waals surface area contributed by atoms with Crippen molar-refractivity contribution >= 4 is 15.8 Å². The van der Waals surface area contributed by atoms with Gasteiger partial charge in [0.1, 0.15) is 5.82 Å². The minimum atomic E-state index is -3.49. The van der Waals surface area contributed by atoms with Gasteiger partial charge in [-0.2, -0.15) is 4.31 Å². The first-order chi connectivity index (χ1) is 11.6. The van der Waals surface area contributed by atoms with E-state index in [1.165, 1.54) is 0 Å². The number of piperazine rings is 1. The number of nitrogens with zero attached hydrogens (tertiary/aromatic N) is 4. The molecule has 1 N–H and O–H groups in total. The Kier molecular flexibility index (Phi) is 5.08. The number of likely N-dealkylation sites (N-methyl/N-ethyl adjacent to an activating group) is 1. The zero-order chi connectivity index (χ0) is 17.0. The lowest BCUT2D eigenvalue weighted by atomic mass is 10.2. The van der Waals surface area contributed by atoms with Crippen LogP contribution in [0.5, 0.6) is 0 Å². The van der Waals surface area contributed by atoms with Crippen LogP contribution in [0, 0.1) is 0 Å². The number of rotatable bonds is 5. The molecule has 1 aromatic carbocycles. The van der Waals surface area contributed by atoms with Crippen molar-refractivity contribution < 1.29 is 8.42 Å². The van der Waals surface area contributed by atoms with Crippen LogP contribution in [0.4, 0.5) is 5.82 Å². The summed E-state index contributed by atoms with van der Waals surface area (Å²) in [7, 11) is -1.49. The smallest absolute Gasteiger partial charge is 0.243 e. The zero-order valence-corrected chi connectivity index (χ0v) is 14.4. The number of aromatic nitrogens is 2. The highest BCUT2D eigenvalue weighted by molar-refractivity contribution is 7.89. The van der Waals surface area contributed by atoms with Crippen molar-refractivity contribution in [3.8, 4) is 0 Å². The molecule has 0 bridgehead atoms. The number of benzene rings is 1. The van der Waals surface area contributed by atoms with E-state index in [2.05, 4.69) is 20.2 Å². The fourth-order valence-corrected chi connectivity index (χ4v) is 4.29. The van der Waals surface area contributed by atoms with E-state index in [-0.39, 0.29) is 0 Å². The third kappa shape index (κ3) is 3.72. The number of sulfonamides is 1. The number of anilines is 1. The summed E-state index contributed by atoms with van der Waals surface area (Å²) in [6.45, 7) is 2.91. The summed E-state index contributed by atoms with van der Waals surface area (Å²) in [4.78, 5) is 10.6. The van der Waals surface area contributed by atoms with Crippen molar-refractivity contribution in [2.45, 2.75) is 11.4 Å². The Balaban J connectivity index is 1.80. The van der Waals surface area contributed by atoms with E-state index in [4.69, 9.17) is 0 Å². The van der Waals surface area contributed by atoms with Gasteiger partial charge < -0.3 is 10.2 Å². The molecule has 1 aromatic heterocycles. The van der Waals surface area contributed by atoms with Gasteiger partial charge >= 0.3 is 0 Å². The molecule has 1 aliphatic rings. The summed E-state index contributed by atoms with van der Waals surface area (Å²) in [5.74, 6) is 0.615. The molecular formula is C16H21N5O2S. The van der Waals surface area contributed by atoms with Gasteiger partial charge in [0.05, 0.1) is 11.1 Å². The Labute approximate surface area is 142 Å². The average Bonchev–Trinajstić information content (AvgIpc) is 2.61. The Morgan fingerprint density at radius 2 is 1.88 bits per heavy atom. The second-order valence-electron chi connectivity index (χ2n) is 5.76. The van der Waals surface area contributed by atoms with Crippen molar-refractivity contribution in [3.05, 3.63) is 48.4 Å². The SMILES string of the molecule is CN1CCN(S(=O)(=O)c2ccccc2CNc2cnccn2)CC1. The first-order valence-electron chi connectivity index (χ1n) is 7.84. The molecule has 1 fully saturated rings. The first kappa shape index (κ1) is 16.8. The maximum Gasteiger partial charge on any atom is 0.243 e. The van der Waals surface area contributed by atoms with Crippen LogP contribution in [0.15, 0.2) is 47.8 Å². The molecule has 3 rings (SSSR count). The molecule has 0 amide bonds. The minimum absolute atomic E-state index is 0.353. The maximum absolute atomic E-state index is 13.0. The number of hydrogen-bond acceptors (Lipinski definition) is 6. The summed E-state index contributed by atoms with van der Waals surface area (Å²) < 4.78 is 27.5. The summed E-state index contributed by atoms with van der Waals surface area (Å²) >= 11 is 0. The molecule has 24 heavy (non-hydrogen) atoms. The van der Waals surface area contributed by atoms with E-state index < -0.39 is 10.0 Å². The summed E-state index contributed by atoms with van der Waals surface area (Å²) in [5, 5.41) is 3.12. The second kappa shape index (κ2) is 7.25. The molecule has 7 nitrogen and oxygen atoms in total. The molecule has 2 heterocycles. The predicted octanol–water partition coefficient (Wildman–Crippen LogP) is 1.02. The minimum Gasteiger partial charge on any atom is -0.365 e. The lowest BCUT2D eigenvalue weighted by Gasteiger charge is -2.32. The highest BCUT2D eigenvalue weighted by Crippen LogP contribution is 2.22. The van der Waals surface area contributed by atoms with Crippen LogP contribution >= 0.6 is 0 Å². The molecule has 0 spiro atoms. The molecular weight excluding hydrogens is 326 g/mol. The molecule has 1 saturated heterocycles.